The van der Waals surface area contributed by atoms with Gasteiger partial charge in [-0.15, -0.1) is 11.3 Å². The van der Waals surface area contributed by atoms with Crippen LogP contribution in [-0.4, -0.2) is 21.6 Å². The van der Waals surface area contributed by atoms with Gasteiger partial charge in [0.2, 0.25) is 5.91 Å². The second-order valence-electron chi connectivity index (χ2n) is 6.11. The van der Waals surface area contributed by atoms with Crippen molar-refractivity contribution in [3.05, 3.63) is 33.6 Å². The van der Waals surface area contributed by atoms with E-state index in [1.165, 1.54) is 23.1 Å². The van der Waals surface area contributed by atoms with Gasteiger partial charge in [0.1, 0.15) is 21.9 Å². The van der Waals surface area contributed by atoms with Gasteiger partial charge in [-0.2, -0.15) is 5.26 Å². The highest BCUT2D eigenvalue weighted by atomic mass is 32.2. The molecule has 1 amide bonds. The first-order valence-corrected chi connectivity index (χ1v) is 10.2. The Balaban J connectivity index is 1.68. The average molecular weight is 373 g/mol. The first kappa shape index (κ1) is 17.9. The van der Waals surface area contributed by atoms with E-state index in [-0.39, 0.29) is 11.7 Å². The molecule has 2 heterocycles. The number of amides is 1. The number of thioether (sulfide) groups is 1. The predicted molar refractivity (Wildman–Crippen MR) is 101 cm³/mol. The van der Waals surface area contributed by atoms with Gasteiger partial charge in [0.25, 0.3) is 0 Å². The third kappa shape index (κ3) is 4.39. The lowest BCUT2D eigenvalue weighted by atomic mass is 10.1. The molecular formula is C18H20N4OS2. The summed E-state index contributed by atoms with van der Waals surface area (Å²) in [5.74, 6) is 0.868. The lowest BCUT2D eigenvalue weighted by Crippen LogP contribution is -2.14. The van der Waals surface area contributed by atoms with E-state index in [9.17, 15) is 10.1 Å². The van der Waals surface area contributed by atoms with Gasteiger partial charge in [-0.1, -0.05) is 18.2 Å². The molecule has 3 rings (SSSR count). The summed E-state index contributed by atoms with van der Waals surface area (Å²) in [6.07, 6.45) is 5.45. The standard InChI is InChI=1S/C18H20N4OS2/c1-11-8-17(21-12(2)20-11)24-10-16(23)22-18-14(9-19)13-6-4-3-5-7-15(13)25-18/h8H,3-7,10H2,1-2H3,(H,22,23). The fourth-order valence-corrected chi connectivity index (χ4v) is 5.07. The number of thiophene rings is 1. The first-order chi connectivity index (χ1) is 12.1. The monoisotopic (exact) mass is 372 g/mol. The Hall–Kier alpha value is -1.91. The lowest BCUT2D eigenvalue weighted by molar-refractivity contribution is -0.113. The van der Waals surface area contributed by atoms with Gasteiger partial charge in [0, 0.05) is 10.6 Å². The van der Waals surface area contributed by atoms with Crippen LogP contribution in [0.25, 0.3) is 0 Å². The predicted octanol–water partition coefficient (Wildman–Crippen LogP) is 4.03. The number of hydrogen-bond donors (Lipinski definition) is 1. The Morgan fingerprint density at radius 3 is 2.88 bits per heavy atom. The Bertz CT molecular complexity index is 818. The molecule has 0 unspecified atom stereocenters. The normalized spacial score (nSPS) is 13.6. The quantitative estimate of drug-likeness (QED) is 0.498. The molecule has 1 aliphatic carbocycles. The van der Waals surface area contributed by atoms with Crippen molar-refractivity contribution in [3.8, 4) is 6.07 Å². The minimum absolute atomic E-state index is 0.105. The molecule has 0 fully saturated rings. The van der Waals surface area contributed by atoms with Crippen molar-refractivity contribution in [1.29, 1.82) is 5.26 Å². The molecule has 7 heteroatoms. The molecule has 0 bridgehead atoms. The van der Waals surface area contributed by atoms with Crippen molar-refractivity contribution in [3.63, 3.8) is 0 Å². The summed E-state index contributed by atoms with van der Waals surface area (Å²) in [6, 6.07) is 4.17. The molecule has 0 saturated carbocycles. The maximum atomic E-state index is 12.3. The average Bonchev–Trinajstić information content (AvgIpc) is 2.72. The second kappa shape index (κ2) is 7.98. The summed E-state index contributed by atoms with van der Waals surface area (Å²) >= 11 is 2.95. The highest BCUT2D eigenvalue weighted by molar-refractivity contribution is 7.99. The third-order valence-corrected chi connectivity index (χ3v) is 6.20. The third-order valence-electron chi connectivity index (χ3n) is 4.08. The van der Waals surface area contributed by atoms with Crippen LogP contribution in [0.1, 0.15) is 46.8 Å². The van der Waals surface area contributed by atoms with Crippen molar-refractivity contribution in [2.24, 2.45) is 0 Å². The highest BCUT2D eigenvalue weighted by Crippen LogP contribution is 2.37. The molecule has 130 valence electrons. The van der Waals surface area contributed by atoms with Gasteiger partial charge < -0.3 is 5.32 Å². The van der Waals surface area contributed by atoms with Gasteiger partial charge in [-0.05, 0) is 51.2 Å². The summed E-state index contributed by atoms with van der Waals surface area (Å²) in [5.41, 5.74) is 2.70. The van der Waals surface area contributed by atoms with Crippen molar-refractivity contribution in [2.45, 2.75) is 51.0 Å². The molecule has 1 N–H and O–H groups in total. The molecule has 1 aliphatic rings. The summed E-state index contributed by atoms with van der Waals surface area (Å²) in [5, 5.41) is 13.9. The van der Waals surface area contributed by atoms with E-state index < -0.39 is 0 Å². The molecule has 0 spiro atoms. The van der Waals surface area contributed by atoms with Crippen molar-refractivity contribution in [2.75, 3.05) is 11.1 Å². The molecular weight excluding hydrogens is 352 g/mol. The minimum atomic E-state index is -0.105. The van der Waals surface area contributed by atoms with E-state index in [0.717, 1.165) is 42.0 Å². The Morgan fingerprint density at radius 2 is 2.12 bits per heavy atom. The smallest absolute Gasteiger partial charge is 0.235 e. The summed E-state index contributed by atoms with van der Waals surface area (Å²) < 4.78 is 0. The van der Waals surface area contributed by atoms with E-state index in [1.807, 2.05) is 19.9 Å². The maximum Gasteiger partial charge on any atom is 0.235 e. The second-order valence-corrected chi connectivity index (χ2v) is 8.21. The Morgan fingerprint density at radius 1 is 1.32 bits per heavy atom. The number of nitrogens with zero attached hydrogens (tertiary/aromatic N) is 3. The number of nitriles is 1. The van der Waals surface area contributed by atoms with Crippen LogP contribution < -0.4 is 5.32 Å². The number of anilines is 1. The van der Waals surface area contributed by atoms with Gasteiger partial charge in [-0.3, -0.25) is 4.79 Å². The number of rotatable bonds is 4. The molecule has 0 atom stereocenters. The van der Waals surface area contributed by atoms with Crippen LogP contribution in [0.5, 0.6) is 0 Å². The van der Waals surface area contributed by atoms with E-state index in [2.05, 4.69) is 21.4 Å². The van der Waals surface area contributed by atoms with Gasteiger partial charge in [0.05, 0.1) is 11.3 Å². The van der Waals surface area contributed by atoms with E-state index in [0.29, 0.717) is 16.4 Å². The topological polar surface area (TPSA) is 78.7 Å². The van der Waals surface area contributed by atoms with E-state index in [4.69, 9.17) is 0 Å². The molecule has 0 aliphatic heterocycles. The van der Waals surface area contributed by atoms with Crippen LogP contribution in [-0.2, 0) is 17.6 Å². The molecule has 5 nitrogen and oxygen atoms in total. The van der Waals surface area contributed by atoms with E-state index >= 15 is 0 Å². The molecule has 2 aromatic rings. The first-order valence-electron chi connectivity index (χ1n) is 8.36. The Kier molecular flexibility index (Phi) is 5.71. The van der Waals surface area contributed by atoms with Crippen molar-refractivity contribution in [1.82, 2.24) is 9.97 Å². The molecule has 0 aromatic carbocycles. The number of aryl methyl sites for hydroxylation is 3. The zero-order chi connectivity index (χ0) is 17.8. The van der Waals surface area contributed by atoms with Crippen LogP contribution >= 0.6 is 23.1 Å². The zero-order valence-electron chi connectivity index (χ0n) is 14.4. The van der Waals surface area contributed by atoms with Gasteiger partial charge in [-0.25, -0.2) is 9.97 Å². The number of hydrogen-bond acceptors (Lipinski definition) is 6. The maximum absolute atomic E-state index is 12.3. The largest absolute Gasteiger partial charge is 0.316 e. The Labute approximate surface area is 155 Å². The molecule has 2 aromatic heterocycles. The van der Waals surface area contributed by atoms with Crippen LogP contribution in [0.15, 0.2) is 11.1 Å². The number of aromatic nitrogens is 2. The number of carbonyl (C=O) groups is 1. The van der Waals surface area contributed by atoms with Crippen LogP contribution in [0.2, 0.25) is 0 Å². The summed E-state index contributed by atoms with van der Waals surface area (Å²) in [7, 11) is 0. The zero-order valence-corrected chi connectivity index (χ0v) is 16.0. The van der Waals surface area contributed by atoms with Gasteiger partial charge in [0.15, 0.2) is 0 Å². The molecule has 25 heavy (non-hydrogen) atoms. The van der Waals surface area contributed by atoms with Crippen LogP contribution in [0, 0.1) is 25.2 Å². The highest BCUT2D eigenvalue weighted by Gasteiger charge is 2.21. The molecule has 0 saturated heterocycles. The minimum Gasteiger partial charge on any atom is -0.316 e. The summed E-state index contributed by atoms with van der Waals surface area (Å²) in [4.78, 5) is 22.2. The number of carbonyl (C=O) groups excluding carboxylic acids is 1. The SMILES string of the molecule is Cc1cc(SCC(=O)Nc2sc3c(c2C#N)CCCCC3)nc(C)n1. The van der Waals surface area contributed by atoms with Gasteiger partial charge >= 0.3 is 0 Å². The summed E-state index contributed by atoms with van der Waals surface area (Å²) in [6.45, 7) is 3.76. The fourth-order valence-electron chi connectivity index (χ4n) is 3.01. The van der Waals surface area contributed by atoms with Crippen LogP contribution in [0.4, 0.5) is 5.00 Å². The van der Waals surface area contributed by atoms with Crippen LogP contribution in [0.3, 0.4) is 0 Å². The van der Waals surface area contributed by atoms with E-state index in [1.54, 1.807) is 11.3 Å². The van der Waals surface area contributed by atoms with Crippen molar-refractivity contribution >= 4 is 34.0 Å². The molecule has 0 radical (unpaired) electrons. The number of fused-ring (bicyclic) bond motifs is 1. The lowest BCUT2D eigenvalue weighted by Gasteiger charge is -2.05. The number of nitrogens with one attached hydrogen (secondary N) is 1. The van der Waals surface area contributed by atoms with Crippen molar-refractivity contribution < 1.29 is 4.79 Å². The fraction of sp³-hybridized carbons (Fsp3) is 0.444.